The molecular formula is C23H19NO4. The van der Waals surface area contributed by atoms with Crippen LogP contribution in [0, 0.1) is 0 Å². The van der Waals surface area contributed by atoms with E-state index < -0.39 is 12.1 Å². The third-order valence-electron chi connectivity index (χ3n) is 4.13. The molecule has 0 radical (unpaired) electrons. The van der Waals surface area contributed by atoms with E-state index in [1.54, 1.807) is 79.7 Å². The van der Waals surface area contributed by atoms with Crippen LogP contribution in [0.1, 0.15) is 38.0 Å². The number of carbonyl (C=O) groups excluding carboxylic acids is 3. The van der Waals surface area contributed by atoms with Crippen LogP contribution in [-0.4, -0.2) is 23.8 Å². The van der Waals surface area contributed by atoms with Crippen LogP contribution in [-0.2, 0) is 4.74 Å². The van der Waals surface area contributed by atoms with E-state index in [9.17, 15) is 14.4 Å². The summed E-state index contributed by atoms with van der Waals surface area (Å²) < 4.78 is 5.27. The van der Waals surface area contributed by atoms with Crippen molar-refractivity contribution in [1.29, 1.82) is 0 Å². The number of ether oxygens (including phenoxy) is 1. The molecule has 0 spiro atoms. The molecule has 0 heterocycles. The highest BCUT2D eigenvalue weighted by Gasteiger charge is 2.20. The molecule has 3 aromatic carbocycles. The van der Waals surface area contributed by atoms with Crippen molar-refractivity contribution in [2.75, 3.05) is 5.32 Å². The van der Waals surface area contributed by atoms with Crippen molar-refractivity contribution in [1.82, 2.24) is 0 Å². The van der Waals surface area contributed by atoms with Gasteiger partial charge in [0.2, 0.25) is 5.78 Å². The molecule has 0 aliphatic heterocycles. The second kappa shape index (κ2) is 8.77. The molecule has 3 aromatic rings. The van der Waals surface area contributed by atoms with Gasteiger partial charge in [0.15, 0.2) is 6.10 Å². The molecule has 0 aliphatic rings. The number of esters is 1. The number of rotatable bonds is 6. The quantitative estimate of drug-likeness (QED) is 0.514. The van der Waals surface area contributed by atoms with Crippen molar-refractivity contribution in [2.24, 2.45) is 0 Å². The van der Waals surface area contributed by atoms with Gasteiger partial charge >= 0.3 is 5.97 Å². The molecule has 0 aromatic heterocycles. The lowest BCUT2D eigenvalue weighted by Crippen LogP contribution is -2.24. The summed E-state index contributed by atoms with van der Waals surface area (Å²) >= 11 is 0. The Morgan fingerprint density at radius 1 is 0.714 bits per heavy atom. The Bertz CT molecular complexity index is 967. The van der Waals surface area contributed by atoms with Gasteiger partial charge in [-0.3, -0.25) is 9.59 Å². The highest BCUT2D eigenvalue weighted by atomic mass is 16.5. The minimum atomic E-state index is -0.896. The Balaban J connectivity index is 1.60. The maximum Gasteiger partial charge on any atom is 0.338 e. The smallest absolute Gasteiger partial charge is 0.338 e. The molecule has 0 fully saturated rings. The van der Waals surface area contributed by atoms with Gasteiger partial charge < -0.3 is 10.1 Å². The molecule has 1 amide bonds. The fraction of sp³-hybridized carbons (Fsp3) is 0.0870. The summed E-state index contributed by atoms with van der Waals surface area (Å²) in [5, 5.41) is 2.76. The van der Waals surface area contributed by atoms with Crippen LogP contribution in [0.5, 0.6) is 0 Å². The third-order valence-corrected chi connectivity index (χ3v) is 4.13. The van der Waals surface area contributed by atoms with Crippen LogP contribution < -0.4 is 5.32 Å². The second-order valence-corrected chi connectivity index (χ2v) is 6.18. The molecule has 0 bridgehead atoms. The van der Waals surface area contributed by atoms with Crippen LogP contribution >= 0.6 is 0 Å². The summed E-state index contributed by atoms with van der Waals surface area (Å²) in [6.07, 6.45) is -0.896. The summed E-state index contributed by atoms with van der Waals surface area (Å²) in [4.78, 5) is 36.7. The van der Waals surface area contributed by atoms with Gasteiger partial charge in [0.25, 0.3) is 5.91 Å². The van der Waals surface area contributed by atoms with Crippen LogP contribution in [0.2, 0.25) is 0 Å². The first-order valence-electron chi connectivity index (χ1n) is 8.81. The number of ketones is 1. The summed E-state index contributed by atoms with van der Waals surface area (Å²) in [5.41, 5.74) is 1.88. The normalized spacial score (nSPS) is 11.3. The number of amides is 1. The lowest BCUT2D eigenvalue weighted by molar-refractivity contribution is 0.0319. The summed E-state index contributed by atoms with van der Waals surface area (Å²) in [6, 6.07) is 23.8. The Labute approximate surface area is 163 Å². The first kappa shape index (κ1) is 19.0. The Morgan fingerprint density at radius 3 is 1.82 bits per heavy atom. The van der Waals surface area contributed by atoms with Crippen LogP contribution in [0.25, 0.3) is 0 Å². The van der Waals surface area contributed by atoms with E-state index in [1.807, 2.05) is 12.1 Å². The summed E-state index contributed by atoms with van der Waals surface area (Å²) in [5.74, 6) is -1.10. The maximum absolute atomic E-state index is 12.3. The Morgan fingerprint density at radius 2 is 1.25 bits per heavy atom. The van der Waals surface area contributed by atoms with E-state index in [0.717, 1.165) is 0 Å². The van der Waals surface area contributed by atoms with Crippen molar-refractivity contribution >= 4 is 23.3 Å². The van der Waals surface area contributed by atoms with Crippen molar-refractivity contribution in [2.45, 2.75) is 13.0 Å². The van der Waals surface area contributed by atoms with Gasteiger partial charge in [-0.2, -0.15) is 0 Å². The number of benzene rings is 3. The second-order valence-electron chi connectivity index (χ2n) is 6.18. The number of Topliss-reactive ketones (excluding diaryl/α,β-unsaturated/α-hetero) is 1. The molecule has 28 heavy (non-hydrogen) atoms. The zero-order valence-corrected chi connectivity index (χ0v) is 15.3. The largest absolute Gasteiger partial charge is 0.451 e. The van der Waals surface area contributed by atoms with Gasteiger partial charge in [0, 0.05) is 16.8 Å². The van der Waals surface area contributed by atoms with E-state index in [4.69, 9.17) is 4.74 Å². The fourth-order valence-corrected chi connectivity index (χ4v) is 2.60. The standard InChI is InChI=1S/C23H19NO4/c1-16(21(25)17-8-4-2-5-9-17)28-23(27)19-12-14-20(15-13-19)24-22(26)18-10-6-3-7-11-18/h2-16H,1H3,(H,24,26). The minimum Gasteiger partial charge on any atom is -0.451 e. The predicted molar refractivity (Wildman–Crippen MR) is 106 cm³/mol. The van der Waals surface area contributed by atoms with Gasteiger partial charge in [-0.15, -0.1) is 0 Å². The monoisotopic (exact) mass is 373 g/mol. The van der Waals surface area contributed by atoms with E-state index >= 15 is 0 Å². The highest BCUT2D eigenvalue weighted by molar-refractivity contribution is 6.04. The van der Waals surface area contributed by atoms with Gasteiger partial charge in [0.1, 0.15) is 0 Å². The van der Waals surface area contributed by atoms with Gasteiger partial charge in [-0.1, -0.05) is 48.5 Å². The summed E-state index contributed by atoms with van der Waals surface area (Å²) in [6.45, 7) is 1.54. The number of carbonyl (C=O) groups is 3. The third kappa shape index (κ3) is 4.71. The first-order valence-corrected chi connectivity index (χ1v) is 8.81. The molecule has 1 unspecified atom stereocenters. The van der Waals surface area contributed by atoms with Crippen molar-refractivity contribution in [3.05, 3.63) is 102 Å². The van der Waals surface area contributed by atoms with Gasteiger partial charge in [-0.05, 0) is 43.3 Å². The van der Waals surface area contributed by atoms with E-state index in [-0.39, 0.29) is 11.7 Å². The topological polar surface area (TPSA) is 72.5 Å². The predicted octanol–water partition coefficient (Wildman–Crippen LogP) is 4.37. The minimum absolute atomic E-state index is 0.238. The van der Waals surface area contributed by atoms with Crippen LogP contribution in [0.4, 0.5) is 5.69 Å². The molecule has 0 saturated carbocycles. The average Bonchev–Trinajstić information content (AvgIpc) is 2.74. The SMILES string of the molecule is CC(OC(=O)c1ccc(NC(=O)c2ccccc2)cc1)C(=O)c1ccccc1. The average molecular weight is 373 g/mol. The molecule has 3 rings (SSSR count). The van der Waals surface area contributed by atoms with E-state index in [2.05, 4.69) is 5.32 Å². The van der Waals surface area contributed by atoms with Crippen molar-refractivity contribution in [3.63, 3.8) is 0 Å². The Kier molecular flexibility index (Phi) is 5.97. The van der Waals surface area contributed by atoms with Gasteiger partial charge in [-0.25, -0.2) is 4.79 Å². The molecule has 1 N–H and O–H groups in total. The van der Waals surface area contributed by atoms with Crippen LogP contribution in [0.15, 0.2) is 84.9 Å². The molecule has 5 heteroatoms. The van der Waals surface area contributed by atoms with E-state index in [1.165, 1.54) is 0 Å². The number of hydrogen-bond donors (Lipinski definition) is 1. The highest BCUT2D eigenvalue weighted by Crippen LogP contribution is 2.14. The molecule has 1 atom stereocenters. The lowest BCUT2D eigenvalue weighted by atomic mass is 10.1. The molecule has 5 nitrogen and oxygen atoms in total. The van der Waals surface area contributed by atoms with E-state index in [0.29, 0.717) is 22.4 Å². The van der Waals surface area contributed by atoms with Gasteiger partial charge in [0.05, 0.1) is 5.56 Å². The zero-order chi connectivity index (χ0) is 19.9. The summed E-state index contributed by atoms with van der Waals surface area (Å²) in [7, 11) is 0. The zero-order valence-electron chi connectivity index (χ0n) is 15.3. The molecule has 0 saturated heterocycles. The first-order chi connectivity index (χ1) is 13.5. The van der Waals surface area contributed by atoms with Crippen molar-refractivity contribution in [3.8, 4) is 0 Å². The molecule has 140 valence electrons. The molecular weight excluding hydrogens is 354 g/mol. The van der Waals surface area contributed by atoms with Crippen LogP contribution in [0.3, 0.4) is 0 Å². The fourth-order valence-electron chi connectivity index (χ4n) is 2.60. The number of nitrogens with one attached hydrogen (secondary N) is 1. The Hall–Kier alpha value is -3.73. The maximum atomic E-state index is 12.3. The number of anilines is 1. The number of hydrogen-bond acceptors (Lipinski definition) is 4. The van der Waals surface area contributed by atoms with Crippen molar-refractivity contribution < 1.29 is 19.1 Å². The molecule has 0 aliphatic carbocycles. The lowest BCUT2D eigenvalue weighted by Gasteiger charge is -2.12.